The minimum absolute atomic E-state index is 0.117. The van der Waals surface area contributed by atoms with Crippen LogP contribution in [0.5, 0.6) is 5.75 Å². The Morgan fingerprint density at radius 3 is 2.96 bits per heavy atom. The number of hydrogen-bond acceptors (Lipinski definition) is 6. The Bertz CT molecular complexity index is 871. The Morgan fingerprint density at radius 2 is 2.17 bits per heavy atom. The summed E-state index contributed by atoms with van der Waals surface area (Å²) in [5.41, 5.74) is 2.54. The van der Waals surface area contributed by atoms with Gasteiger partial charge in [0.15, 0.2) is 6.23 Å². The first-order valence-electron chi connectivity index (χ1n) is 8.01. The number of nitrogens with zero attached hydrogens (tertiary/aromatic N) is 4. The van der Waals surface area contributed by atoms with Crippen LogP contribution in [0.3, 0.4) is 0 Å². The van der Waals surface area contributed by atoms with E-state index in [2.05, 4.69) is 9.97 Å². The zero-order valence-electron chi connectivity index (χ0n) is 13.1. The van der Waals surface area contributed by atoms with Crippen molar-refractivity contribution in [2.45, 2.75) is 32.1 Å². The second kappa shape index (κ2) is 6.18. The Labute approximate surface area is 138 Å². The van der Waals surface area contributed by atoms with E-state index in [1.54, 1.807) is 18.3 Å². The minimum Gasteiger partial charge on any atom is -0.508 e. The summed E-state index contributed by atoms with van der Waals surface area (Å²) in [7, 11) is 0. The summed E-state index contributed by atoms with van der Waals surface area (Å²) in [6, 6.07) is 5.15. The second-order valence-electron chi connectivity index (χ2n) is 5.87. The third-order valence-corrected chi connectivity index (χ3v) is 4.21. The fourth-order valence-electron chi connectivity index (χ4n) is 3.05. The lowest BCUT2D eigenvalue weighted by atomic mass is 10.1. The number of phenols is 1. The number of fused-ring (bicyclic) bond motifs is 1. The lowest BCUT2D eigenvalue weighted by Crippen LogP contribution is -2.19. The van der Waals surface area contributed by atoms with Crippen molar-refractivity contribution in [1.29, 1.82) is 0 Å². The summed E-state index contributed by atoms with van der Waals surface area (Å²) in [6.07, 6.45) is 6.07. The third kappa shape index (κ3) is 2.61. The van der Waals surface area contributed by atoms with Gasteiger partial charge in [0, 0.05) is 12.0 Å². The third-order valence-electron chi connectivity index (χ3n) is 4.21. The van der Waals surface area contributed by atoms with Crippen LogP contribution in [0.4, 0.5) is 0 Å². The number of rotatable bonds is 3. The van der Waals surface area contributed by atoms with Crippen LogP contribution >= 0.6 is 0 Å². The SMILES string of the molecule is OCc1cncc(-c2nn(C3CCCCO3)c3ccc(O)cc23)n1. The number of aromatic nitrogens is 4. The highest BCUT2D eigenvalue weighted by Crippen LogP contribution is 2.33. The van der Waals surface area contributed by atoms with Crippen LogP contribution in [-0.2, 0) is 11.3 Å². The van der Waals surface area contributed by atoms with Gasteiger partial charge < -0.3 is 14.9 Å². The van der Waals surface area contributed by atoms with Gasteiger partial charge in [-0.05, 0) is 37.5 Å². The van der Waals surface area contributed by atoms with Gasteiger partial charge in [-0.3, -0.25) is 4.98 Å². The van der Waals surface area contributed by atoms with E-state index >= 15 is 0 Å². The van der Waals surface area contributed by atoms with Gasteiger partial charge in [-0.15, -0.1) is 0 Å². The summed E-state index contributed by atoms with van der Waals surface area (Å²) in [6.45, 7) is 0.537. The summed E-state index contributed by atoms with van der Waals surface area (Å²) in [4.78, 5) is 8.51. The predicted molar refractivity (Wildman–Crippen MR) is 87.2 cm³/mol. The maximum absolute atomic E-state index is 9.88. The van der Waals surface area contributed by atoms with E-state index < -0.39 is 0 Å². The first-order valence-corrected chi connectivity index (χ1v) is 8.01. The molecule has 3 heterocycles. The van der Waals surface area contributed by atoms with Crippen molar-refractivity contribution in [1.82, 2.24) is 19.7 Å². The fraction of sp³-hybridized carbons (Fsp3) is 0.353. The Kier molecular flexibility index (Phi) is 3.87. The van der Waals surface area contributed by atoms with Gasteiger partial charge in [0.2, 0.25) is 0 Å². The molecule has 2 N–H and O–H groups in total. The molecule has 1 aromatic carbocycles. The van der Waals surface area contributed by atoms with Crippen LogP contribution in [0, 0.1) is 0 Å². The second-order valence-corrected chi connectivity index (χ2v) is 5.87. The van der Waals surface area contributed by atoms with E-state index in [1.807, 2.05) is 10.7 Å². The molecule has 0 radical (unpaired) electrons. The normalized spacial score (nSPS) is 18.1. The molecule has 1 aliphatic rings. The molecule has 0 bridgehead atoms. The van der Waals surface area contributed by atoms with Crippen molar-refractivity contribution in [2.24, 2.45) is 0 Å². The van der Waals surface area contributed by atoms with E-state index in [4.69, 9.17) is 9.84 Å². The zero-order valence-corrected chi connectivity index (χ0v) is 13.1. The Balaban J connectivity index is 1.89. The highest BCUT2D eigenvalue weighted by Gasteiger charge is 2.22. The topological polar surface area (TPSA) is 93.3 Å². The number of aliphatic hydroxyl groups excluding tert-OH is 1. The molecular formula is C17H18N4O3. The van der Waals surface area contributed by atoms with Crippen LogP contribution in [-0.4, -0.2) is 36.6 Å². The zero-order chi connectivity index (χ0) is 16.5. The quantitative estimate of drug-likeness (QED) is 0.767. The molecule has 2 aromatic heterocycles. The molecule has 1 unspecified atom stereocenters. The van der Waals surface area contributed by atoms with Crippen molar-refractivity contribution in [3.05, 3.63) is 36.3 Å². The van der Waals surface area contributed by atoms with E-state index in [1.165, 1.54) is 6.20 Å². The van der Waals surface area contributed by atoms with Crippen LogP contribution in [0.2, 0.25) is 0 Å². The van der Waals surface area contributed by atoms with E-state index in [-0.39, 0.29) is 18.6 Å². The van der Waals surface area contributed by atoms with Crippen molar-refractivity contribution in [3.8, 4) is 17.1 Å². The lowest BCUT2D eigenvalue weighted by molar-refractivity contribution is -0.0365. The number of aliphatic hydroxyl groups is 1. The standard InChI is InChI=1S/C17H18N4O3/c22-10-11-8-18-9-14(19-11)17-13-7-12(23)4-5-15(13)21(20-17)16-3-1-2-6-24-16/h4-5,7-9,16,22-23H,1-3,6,10H2. The molecule has 4 rings (SSSR count). The van der Waals surface area contributed by atoms with Crippen molar-refractivity contribution in [2.75, 3.05) is 6.61 Å². The molecule has 1 aliphatic heterocycles. The van der Waals surface area contributed by atoms with Gasteiger partial charge in [0.25, 0.3) is 0 Å². The van der Waals surface area contributed by atoms with Gasteiger partial charge in [-0.1, -0.05) is 0 Å². The van der Waals surface area contributed by atoms with Crippen LogP contribution in [0.25, 0.3) is 22.3 Å². The first-order chi connectivity index (χ1) is 11.8. The molecule has 124 valence electrons. The van der Waals surface area contributed by atoms with Crippen molar-refractivity contribution >= 4 is 10.9 Å². The maximum Gasteiger partial charge on any atom is 0.150 e. The van der Waals surface area contributed by atoms with E-state index in [9.17, 15) is 10.2 Å². The van der Waals surface area contributed by atoms with Crippen LogP contribution in [0.1, 0.15) is 31.2 Å². The Hall–Kier alpha value is -2.51. The smallest absolute Gasteiger partial charge is 0.150 e. The molecule has 3 aromatic rings. The number of phenolic OH excluding ortho intramolecular Hbond substituents is 1. The molecule has 0 saturated carbocycles. The Morgan fingerprint density at radius 1 is 1.25 bits per heavy atom. The van der Waals surface area contributed by atoms with Gasteiger partial charge in [0.05, 0.1) is 30.2 Å². The van der Waals surface area contributed by atoms with E-state index in [0.717, 1.165) is 36.8 Å². The fourth-order valence-corrected chi connectivity index (χ4v) is 3.05. The molecular weight excluding hydrogens is 308 g/mol. The van der Waals surface area contributed by atoms with Crippen molar-refractivity contribution in [3.63, 3.8) is 0 Å². The molecule has 0 amide bonds. The van der Waals surface area contributed by atoms with Gasteiger partial charge in [0.1, 0.15) is 17.1 Å². The van der Waals surface area contributed by atoms with Gasteiger partial charge in [-0.2, -0.15) is 5.10 Å². The summed E-state index contributed by atoms with van der Waals surface area (Å²) < 4.78 is 7.72. The van der Waals surface area contributed by atoms with Crippen LogP contribution in [0.15, 0.2) is 30.6 Å². The lowest BCUT2D eigenvalue weighted by Gasteiger charge is -2.23. The average molecular weight is 326 g/mol. The summed E-state index contributed by atoms with van der Waals surface area (Å²) >= 11 is 0. The van der Waals surface area contributed by atoms with Gasteiger partial charge >= 0.3 is 0 Å². The molecule has 0 aliphatic carbocycles. The number of hydrogen-bond donors (Lipinski definition) is 2. The number of aromatic hydroxyl groups is 1. The average Bonchev–Trinajstić information content (AvgIpc) is 3.01. The molecule has 24 heavy (non-hydrogen) atoms. The summed E-state index contributed by atoms with van der Waals surface area (Å²) in [5.74, 6) is 0.166. The molecule has 7 heteroatoms. The highest BCUT2D eigenvalue weighted by atomic mass is 16.5. The largest absolute Gasteiger partial charge is 0.508 e. The molecule has 1 fully saturated rings. The van der Waals surface area contributed by atoms with E-state index in [0.29, 0.717) is 17.1 Å². The first kappa shape index (κ1) is 15.0. The molecule has 7 nitrogen and oxygen atoms in total. The minimum atomic E-state index is -0.184. The maximum atomic E-state index is 9.88. The monoisotopic (exact) mass is 326 g/mol. The molecule has 1 saturated heterocycles. The summed E-state index contributed by atoms with van der Waals surface area (Å²) in [5, 5.41) is 24.6. The highest BCUT2D eigenvalue weighted by molar-refractivity contribution is 5.93. The van der Waals surface area contributed by atoms with Crippen LogP contribution < -0.4 is 0 Å². The number of benzene rings is 1. The van der Waals surface area contributed by atoms with Crippen molar-refractivity contribution < 1.29 is 14.9 Å². The molecule has 1 atom stereocenters. The van der Waals surface area contributed by atoms with Gasteiger partial charge in [-0.25, -0.2) is 9.67 Å². The predicted octanol–water partition coefficient (Wildman–Crippen LogP) is 2.39. The molecule has 0 spiro atoms. The number of ether oxygens (including phenoxy) is 1.